The molecule has 0 spiro atoms. The van der Waals surface area contributed by atoms with Gasteiger partial charge in [-0.1, -0.05) is 42.5 Å². The molecule has 162 valence electrons. The first-order valence-corrected chi connectivity index (χ1v) is 10.5. The van der Waals surface area contributed by atoms with Gasteiger partial charge >= 0.3 is 0 Å². The van der Waals surface area contributed by atoms with Crippen LogP contribution in [-0.2, 0) is 4.79 Å². The van der Waals surface area contributed by atoms with E-state index in [2.05, 4.69) is 5.32 Å². The third-order valence-electron chi connectivity index (χ3n) is 5.20. The maximum Gasteiger partial charge on any atom is 0.248 e. The minimum absolute atomic E-state index is 0.243. The molecule has 4 aromatic rings. The van der Waals surface area contributed by atoms with Crippen LogP contribution in [0.15, 0.2) is 83.5 Å². The predicted molar refractivity (Wildman–Crippen MR) is 128 cm³/mol. The average Bonchev–Trinajstić information content (AvgIpc) is 3.23. The molecule has 1 N–H and O–H groups in total. The van der Waals surface area contributed by atoms with Crippen LogP contribution in [0.2, 0.25) is 0 Å². The standard InChI is InChI=1S/C27H25NO4/c1-4-31-24-13-9-8-12-23(24)28-27(29)14-18(2)20-15-21-22(19-10-6-5-7-11-19)17-32-26(21)16-25(20)30-3/h5-17H,4H2,1-3H3,(H,28,29)/b18-14+. The Kier molecular flexibility index (Phi) is 6.26. The maximum atomic E-state index is 12.8. The minimum atomic E-state index is -0.243. The zero-order chi connectivity index (χ0) is 22.5. The molecule has 0 fully saturated rings. The number of furan rings is 1. The van der Waals surface area contributed by atoms with Gasteiger partial charge in [-0.2, -0.15) is 0 Å². The second-order valence-corrected chi connectivity index (χ2v) is 7.31. The summed E-state index contributed by atoms with van der Waals surface area (Å²) < 4.78 is 17.0. The molecule has 5 nitrogen and oxygen atoms in total. The second kappa shape index (κ2) is 9.43. The van der Waals surface area contributed by atoms with Gasteiger partial charge in [0.15, 0.2) is 0 Å². The van der Waals surface area contributed by atoms with Crippen LogP contribution in [0.25, 0.3) is 27.7 Å². The monoisotopic (exact) mass is 427 g/mol. The normalized spacial score (nSPS) is 11.4. The topological polar surface area (TPSA) is 60.7 Å². The lowest BCUT2D eigenvalue weighted by atomic mass is 9.99. The van der Waals surface area contributed by atoms with Crippen molar-refractivity contribution in [3.05, 3.63) is 84.6 Å². The lowest BCUT2D eigenvalue weighted by molar-refractivity contribution is -0.111. The van der Waals surface area contributed by atoms with Crippen molar-refractivity contribution in [2.24, 2.45) is 0 Å². The fraction of sp³-hybridized carbons (Fsp3) is 0.148. The Labute approximate surface area is 187 Å². The highest BCUT2D eigenvalue weighted by atomic mass is 16.5. The van der Waals surface area contributed by atoms with E-state index < -0.39 is 0 Å². The number of rotatable bonds is 7. The highest BCUT2D eigenvalue weighted by Gasteiger charge is 2.15. The highest BCUT2D eigenvalue weighted by molar-refractivity contribution is 6.06. The van der Waals surface area contributed by atoms with Crippen LogP contribution < -0.4 is 14.8 Å². The lowest BCUT2D eigenvalue weighted by Gasteiger charge is -2.12. The first kappa shape index (κ1) is 21.2. The Morgan fingerprint density at radius 2 is 1.78 bits per heavy atom. The molecule has 0 unspecified atom stereocenters. The largest absolute Gasteiger partial charge is 0.496 e. The van der Waals surface area contributed by atoms with Crippen molar-refractivity contribution in [2.75, 3.05) is 19.0 Å². The summed E-state index contributed by atoms with van der Waals surface area (Å²) >= 11 is 0. The molecule has 0 aliphatic rings. The van der Waals surface area contributed by atoms with E-state index in [1.54, 1.807) is 19.4 Å². The molecule has 0 aliphatic heterocycles. The van der Waals surface area contributed by atoms with Crippen molar-refractivity contribution in [2.45, 2.75) is 13.8 Å². The van der Waals surface area contributed by atoms with E-state index in [9.17, 15) is 4.79 Å². The molecule has 3 aromatic carbocycles. The number of carbonyl (C=O) groups excluding carboxylic acids is 1. The fourth-order valence-corrected chi connectivity index (χ4v) is 3.67. The predicted octanol–water partition coefficient (Wildman–Crippen LogP) is 6.55. The summed E-state index contributed by atoms with van der Waals surface area (Å²) in [6, 6.07) is 21.3. The van der Waals surface area contributed by atoms with E-state index >= 15 is 0 Å². The number of anilines is 1. The van der Waals surface area contributed by atoms with Gasteiger partial charge in [0.2, 0.25) is 5.91 Å². The smallest absolute Gasteiger partial charge is 0.248 e. The van der Waals surface area contributed by atoms with E-state index in [1.165, 1.54) is 0 Å². The molecular weight excluding hydrogens is 402 g/mol. The number of carbonyl (C=O) groups is 1. The Morgan fingerprint density at radius 3 is 2.53 bits per heavy atom. The second-order valence-electron chi connectivity index (χ2n) is 7.31. The molecule has 0 aliphatic carbocycles. The van der Waals surface area contributed by atoms with Gasteiger partial charge in [0.05, 0.1) is 25.7 Å². The summed E-state index contributed by atoms with van der Waals surface area (Å²) in [4.78, 5) is 12.8. The van der Waals surface area contributed by atoms with Crippen LogP contribution in [0.1, 0.15) is 19.4 Å². The number of hydrogen-bond donors (Lipinski definition) is 1. The van der Waals surface area contributed by atoms with Crippen LogP contribution in [0.5, 0.6) is 11.5 Å². The molecular formula is C27H25NO4. The molecule has 32 heavy (non-hydrogen) atoms. The molecule has 0 saturated carbocycles. The molecule has 0 atom stereocenters. The van der Waals surface area contributed by atoms with Gasteiger partial charge in [-0.05, 0) is 43.2 Å². The van der Waals surface area contributed by atoms with Crippen LogP contribution in [0, 0.1) is 0 Å². The van der Waals surface area contributed by atoms with Gasteiger partial charge in [-0.15, -0.1) is 0 Å². The number of amides is 1. The first-order chi connectivity index (χ1) is 15.6. The van der Waals surface area contributed by atoms with Gasteiger partial charge in [0.25, 0.3) is 0 Å². The van der Waals surface area contributed by atoms with Crippen LogP contribution in [0.3, 0.4) is 0 Å². The van der Waals surface area contributed by atoms with Gasteiger partial charge in [-0.25, -0.2) is 0 Å². The van der Waals surface area contributed by atoms with E-state index in [1.807, 2.05) is 80.6 Å². The third kappa shape index (κ3) is 4.37. The number of para-hydroxylation sites is 2. The van der Waals surface area contributed by atoms with Crippen molar-refractivity contribution < 1.29 is 18.7 Å². The average molecular weight is 428 g/mol. The van der Waals surface area contributed by atoms with Crippen molar-refractivity contribution in [1.29, 1.82) is 0 Å². The van der Waals surface area contributed by atoms with E-state index in [0.29, 0.717) is 23.8 Å². The number of ether oxygens (including phenoxy) is 2. The number of allylic oxidation sites excluding steroid dienone is 1. The summed E-state index contributed by atoms with van der Waals surface area (Å²) in [5, 5.41) is 3.86. The highest BCUT2D eigenvalue weighted by Crippen LogP contribution is 2.37. The van der Waals surface area contributed by atoms with Crippen LogP contribution >= 0.6 is 0 Å². The van der Waals surface area contributed by atoms with Crippen molar-refractivity contribution >= 4 is 28.1 Å². The van der Waals surface area contributed by atoms with Crippen LogP contribution in [0.4, 0.5) is 5.69 Å². The summed E-state index contributed by atoms with van der Waals surface area (Å²) in [5.41, 5.74) is 5.02. The molecule has 1 heterocycles. The molecule has 1 amide bonds. The van der Waals surface area contributed by atoms with Crippen molar-refractivity contribution in [1.82, 2.24) is 0 Å². The zero-order valence-corrected chi connectivity index (χ0v) is 18.3. The van der Waals surface area contributed by atoms with E-state index in [0.717, 1.165) is 33.2 Å². The number of nitrogens with one attached hydrogen (secondary N) is 1. The van der Waals surface area contributed by atoms with E-state index in [4.69, 9.17) is 13.9 Å². The van der Waals surface area contributed by atoms with Gasteiger partial charge in [-0.3, -0.25) is 4.79 Å². The number of fused-ring (bicyclic) bond motifs is 1. The third-order valence-corrected chi connectivity index (χ3v) is 5.20. The summed E-state index contributed by atoms with van der Waals surface area (Å²) in [6.07, 6.45) is 3.31. The Morgan fingerprint density at radius 1 is 1.03 bits per heavy atom. The Hall–Kier alpha value is -3.99. The maximum absolute atomic E-state index is 12.8. The fourth-order valence-electron chi connectivity index (χ4n) is 3.67. The number of hydrogen-bond acceptors (Lipinski definition) is 4. The van der Waals surface area contributed by atoms with Gasteiger partial charge in [0, 0.05) is 28.7 Å². The van der Waals surface area contributed by atoms with Crippen molar-refractivity contribution in [3.8, 4) is 22.6 Å². The minimum Gasteiger partial charge on any atom is -0.496 e. The SMILES string of the molecule is CCOc1ccccc1NC(=O)/C=C(\C)c1cc2c(-c3ccccc3)coc2cc1OC. The van der Waals surface area contributed by atoms with Crippen LogP contribution in [-0.4, -0.2) is 19.6 Å². The van der Waals surface area contributed by atoms with E-state index in [-0.39, 0.29) is 5.91 Å². The van der Waals surface area contributed by atoms with Gasteiger partial charge in [0.1, 0.15) is 17.1 Å². The lowest BCUT2D eigenvalue weighted by Crippen LogP contribution is -2.10. The quantitative estimate of drug-likeness (QED) is 0.340. The zero-order valence-electron chi connectivity index (χ0n) is 18.3. The summed E-state index contributed by atoms with van der Waals surface area (Å²) in [5.74, 6) is 1.04. The number of methoxy groups -OCH3 is 1. The summed E-state index contributed by atoms with van der Waals surface area (Å²) in [7, 11) is 1.61. The first-order valence-electron chi connectivity index (χ1n) is 10.5. The molecule has 5 heteroatoms. The molecule has 0 saturated heterocycles. The molecule has 4 rings (SSSR count). The Balaban J connectivity index is 1.68. The Bertz CT molecular complexity index is 1270. The van der Waals surface area contributed by atoms with Crippen molar-refractivity contribution in [3.63, 3.8) is 0 Å². The molecule has 0 bridgehead atoms. The van der Waals surface area contributed by atoms with Gasteiger partial charge < -0.3 is 19.2 Å². The summed E-state index contributed by atoms with van der Waals surface area (Å²) in [6.45, 7) is 4.32. The molecule has 1 aromatic heterocycles. The molecule has 0 radical (unpaired) electrons. The number of benzene rings is 3.